The Kier molecular flexibility index (Phi) is 4.65. The monoisotopic (exact) mass is 460 g/mol. The Labute approximate surface area is 194 Å². The van der Waals surface area contributed by atoms with Crippen LogP contribution in [-0.2, 0) is 11.2 Å². The molecule has 2 fully saturated rings. The summed E-state index contributed by atoms with van der Waals surface area (Å²) in [6, 6.07) is 0. The number of hydrogen-bond donors (Lipinski definition) is 1. The summed E-state index contributed by atoms with van der Waals surface area (Å²) < 4.78 is 8.39. The lowest BCUT2D eigenvalue weighted by molar-refractivity contribution is 0.0527. The lowest BCUT2D eigenvalue weighted by Gasteiger charge is -2.03. The van der Waals surface area contributed by atoms with Crippen molar-refractivity contribution in [3.63, 3.8) is 0 Å². The van der Waals surface area contributed by atoms with Crippen LogP contribution in [0.25, 0.3) is 11.3 Å². The molecule has 0 amide bonds. The van der Waals surface area contributed by atoms with Gasteiger partial charge < -0.3 is 9.84 Å². The maximum absolute atomic E-state index is 12.3. The first-order valence-corrected chi connectivity index (χ1v) is 11.6. The summed E-state index contributed by atoms with van der Waals surface area (Å²) in [6.07, 6.45) is 11.1. The second kappa shape index (κ2) is 7.61. The number of nitrogens with zero attached hydrogens (tertiary/aromatic N) is 6. The fourth-order valence-electron chi connectivity index (χ4n) is 4.81. The minimum absolute atomic E-state index is 0.184. The lowest BCUT2D eigenvalue weighted by Crippen LogP contribution is -2.06. The Morgan fingerprint density at radius 1 is 1.06 bits per heavy atom. The molecule has 6 rings (SSSR count). The molecule has 2 aliphatic carbocycles. The van der Waals surface area contributed by atoms with E-state index in [1.165, 1.54) is 0 Å². The molecule has 2 unspecified atom stereocenters. The number of esters is 1. The van der Waals surface area contributed by atoms with Gasteiger partial charge in [-0.25, -0.2) is 28.6 Å². The normalized spacial score (nSPS) is 19.6. The average molecular weight is 460 g/mol. The number of aromatic nitrogens is 6. The molecule has 34 heavy (non-hydrogen) atoms. The van der Waals surface area contributed by atoms with E-state index in [0.717, 1.165) is 30.4 Å². The molecular weight excluding hydrogens is 436 g/mol. The zero-order valence-corrected chi connectivity index (χ0v) is 18.9. The molecule has 4 aromatic rings. The summed E-state index contributed by atoms with van der Waals surface area (Å²) in [5, 5.41) is 18.9. The van der Waals surface area contributed by atoms with Gasteiger partial charge in [-0.3, -0.25) is 0 Å². The van der Waals surface area contributed by atoms with Crippen molar-refractivity contribution in [1.82, 2.24) is 29.2 Å². The molecule has 4 aromatic heterocycles. The zero-order valence-electron chi connectivity index (χ0n) is 18.9. The quantitative estimate of drug-likeness (QED) is 0.417. The zero-order chi connectivity index (χ0) is 23.6. The second-order valence-electron chi connectivity index (χ2n) is 9.20. The molecule has 0 bridgehead atoms. The van der Waals surface area contributed by atoms with Crippen molar-refractivity contribution in [1.29, 1.82) is 0 Å². The van der Waals surface area contributed by atoms with Gasteiger partial charge in [0.25, 0.3) is 0 Å². The molecule has 0 spiro atoms. The highest BCUT2D eigenvalue weighted by atomic mass is 16.5. The van der Waals surface area contributed by atoms with Crippen LogP contribution in [0.1, 0.15) is 81.3 Å². The van der Waals surface area contributed by atoms with Gasteiger partial charge in [0.1, 0.15) is 11.1 Å². The molecule has 10 heteroatoms. The highest BCUT2D eigenvalue weighted by Gasteiger charge is 2.41. The van der Waals surface area contributed by atoms with E-state index < -0.39 is 11.9 Å². The molecule has 4 heterocycles. The predicted molar refractivity (Wildman–Crippen MR) is 120 cm³/mol. The SMILES string of the molecule is CCOC(=O)c1c(C)nn2cc(C3CC3Cc3nn4cc(C5CC5)cnc4c3C(=O)O)cnc12. The van der Waals surface area contributed by atoms with E-state index in [4.69, 9.17) is 4.74 Å². The number of hydrogen-bond acceptors (Lipinski definition) is 7. The minimum Gasteiger partial charge on any atom is -0.477 e. The van der Waals surface area contributed by atoms with Gasteiger partial charge in [-0.1, -0.05) is 0 Å². The molecule has 0 aliphatic heterocycles. The molecule has 10 nitrogen and oxygen atoms in total. The van der Waals surface area contributed by atoms with Gasteiger partial charge in [-0.2, -0.15) is 10.2 Å². The number of aryl methyl sites for hydroxylation is 1. The summed E-state index contributed by atoms with van der Waals surface area (Å²) in [4.78, 5) is 33.2. The average Bonchev–Trinajstić information content (AvgIpc) is 3.71. The van der Waals surface area contributed by atoms with Crippen molar-refractivity contribution in [2.24, 2.45) is 5.92 Å². The van der Waals surface area contributed by atoms with Crippen LogP contribution in [0.2, 0.25) is 0 Å². The first-order valence-electron chi connectivity index (χ1n) is 11.6. The largest absolute Gasteiger partial charge is 0.477 e. The van der Waals surface area contributed by atoms with E-state index in [9.17, 15) is 14.7 Å². The molecule has 174 valence electrons. The Morgan fingerprint density at radius 2 is 1.74 bits per heavy atom. The van der Waals surface area contributed by atoms with Gasteiger partial charge in [0.05, 0.1) is 18.0 Å². The van der Waals surface area contributed by atoms with Crippen LogP contribution in [-0.4, -0.2) is 52.8 Å². The number of ether oxygens (including phenoxy) is 1. The van der Waals surface area contributed by atoms with E-state index in [1.54, 1.807) is 35.3 Å². The van der Waals surface area contributed by atoms with Crippen LogP contribution in [0.15, 0.2) is 24.8 Å². The number of carboxylic acids is 1. The number of carbonyl (C=O) groups excluding carboxylic acids is 1. The van der Waals surface area contributed by atoms with Crippen molar-refractivity contribution >= 4 is 23.2 Å². The fraction of sp³-hybridized carbons (Fsp3) is 0.417. The standard InChI is InChI=1S/C24H24N6O4/c1-3-34-24(33)19-12(2)27-29-11-16(9-26-21(19)29)17-6-14(17)7-18-20(23(31)32)22-25-8-15(13-4-5-13)10-30(22)28-18/h8-11,13-14,17H,3-7H2,1-2H3,(H,31,32). The molecule has 0 aromatic carbocycles. The number of carboxylic acid groups (broad SMARTS) is 1. The number of aromatic carboxylic acids is 1. The Balaban J connectivity index is 1.26. The number of rotatable bonds is 7. The van der Waals surface area contributed by atoms with Crippen molar-refractivity contribution in [2.75, 3.05) is 6.61 Å². The summed E-state index contributed by atoms with van der Waals surface area (Å²) >= 11 is 0. The summed E-state index contributed by atoms with van der Waals surface area (Å²) in [5.74, 6) is -0.426. The van der Waals surface area contributed by atoms with E-state index in [0.29, 0.717) is 40.6 Å². The third kappa shape index (κ3) is 3.41. The smallest absolute Gasteiger partial charge is 0.343 e. The van der Waals surface area contributed by atoms with Gasteiger partial charge in [0.2, 0.25) is 0 Å². The molecular formula is C24H24N6O4. The summed E-state index contributed by atoms with van der Waals surface area (Å²) in [6.45, 7) is 3.81. The number of carbonyl (C=O) groups is 2. The first kappa shape index (κ1) is 20.8. The third-order valence-corrected chi connectivity index (χ3v) is 6.78. The van der Waals surface area contributed by atoms with E-state index >= 15 is 0 Å². The van der Waals surface area contributed by atoms with Gasteiger partial charge >= 0.3 is 11.9 Å². The lowest BCUT2D eigenvalue weighted by atomic mass is 10.1. The van der Waals surface area contributed by atoms with Crippen LogP contribution >= 0.6 is 0 Å². The minimum atomic E-state index is -1.00. The highest BCUT2D eigenvalue weighted by molar-refractivity contribution is 5.97. The molecule has 0 radical (unpaired) electrons. The van der Waals surface area contributed by atoms with E-state index in [1.807, 2.05) is 12.4 Å². The summed E-state index contributed by atoms with van der Waals surface area (Å²) in [5.41, 5.74) is 4.69. The number of fused-ring (bicyclic) bond motifs is 2. The van der Waals surface area contributed by atoms with Crippen molar-refractivity contribution in [3.05, 3.63) is 58.4 Å². The van der Waals surface area contributed by atoms with E-state index in [2.05, 4.69) is 20.2 Å². The van der Waals surface area contributed by atoms with Crippen LogP contribution in [0, 0.1) is 12.8 Å². The second-order valence-corrected chi connectivity index (χ2v) is 9.20. The maximum Gasteiger partial charge on any atom is 0.343 e. The molecule has 2 atom stereocenters. The van der Waals surface area contributed by atoms with Crippen LogP contribution < -0.4 is 0 Å². The van der Waals surface area contributed by atoms with Gasteiger partial charge in [0, 0.05) is 24.8 Å². The topological polar surface area (TPSA) is 124 Å². The Bertz CT molecular complexity index is 1470. The van der Waals surface area contributed by atoms with Crippen LogP contribution in [0.4, 0.5) is 0 Å². The van der Waals surface area contributed by atoms with Gasteiger partial charge in [-0.15, -0.1) is 0 Å². The van der Waals surface area contributed by atoms with Crippen molar-refractivity contribution in [3.8, 4) is 0 Å². The van der Waals surface area contributed by atoms with Crippen LogP contribution in [0.5, 0.6) is 0 Å². The van der Waals surface area contributed by atoms with E-state index in [-0.39, 0.29) is 24.0 Å². The fourth-order valence-corrected chi connectivity index (χ4v) is 4.81. The van der Waals surface area contributed by atoms with Crippen LogP contribution in [0.3, 0.4) is 0 Å². The molecule has 0 saturated heterocycles. The highest BCUT2D eigenvalue weighted by Crippen LogP contribution is 2.49. The summed E-state index contributed by atoms with van der Waals surface area (Å²) in [7, 11) is 0. The van der Waals surface area contributed by atoms with Gasteiger partial charge in [-0.05, 0) is 68.4 Å². The first-order chi connectivity index (χ1) is 16.4. The maximum atomic E-state index is 12.3. The van der Waals surface area contributed by atoms with Gasteiger partial charge in [0.15, 0.2) is 11.3 Å². The predicted octanol–water partition coefficient (Wildman–Crippen LogP) is 3.18. The van der Waals surface area contributed by atoms with Crippen molar-refractivity contribution in [2.45, 2.75) is 51.4 Å². The molecule has 2 saturated carbocycles. The van der Waals surface area contributed by atoms with Crippen molar-refractivity contribution < 1.29 is 19.4 Å². The molecule has 2 aliphatic rings. The third-order valence-electron chi connectivity index (χ3n) is 6.78. The molecule has 1 N–H and O–H groups in total. The Morgan fingerprint density at radius 3 is 2.44 bits per heavy atom. The Hall–Kier alpha value is -3.82.